The summed E-state index contributed by atoms with van der Waals surface area (Å²) in [5, 5.41) is 27.5. The van der Waals surface area contributed by atoms with Crippen LogP contribution < -0.4 is 5.32 Å². The first kappa shape index (κ1) is 20.4. The summed E-state index contributed by atoms with van der Waals surface area (Å²) in [7, 11) is 1.64. The fourth-order valence-corrected chi connectivity index (χ4v) is 2.73. The lowest BCUT2D eigenvalue weighted by molar-refractivity contribution is -0.0570. The zero-order chi connectivity index (χ0) is 20.2. The predicted octanol–water partition coefficient (Wildman–Crippen LogP) is 3.08. The van der Waals surface area contributed by atoms with E-state index in [-0.39, 0.29) is 5.84 Å². The molecule has 1 fully saturated rings. The van der Waals surface area contributed by atoms with Gasteiger partial charge in [0.25, 0.3) is 0 Å². The molecule has 0 radical (unpaired) electrons. The number of anilines is 1. The molecular formula is C19H25N5O3. The van der Waals surface area contributed by atoms with Crippen molar-refractivity contribution in [3.05, 3.63) is 29.3 Å². The molecule has 1 heterocycles. The maximum Gasteiger partial charge on any atom is 0.412 e. The Morgan fingerprint density at radius 3 is 2.59 bits per heavy atom. The van der Waals surface area contributed by atoms with Gasteiger partial charge in [-0.1, -0.05) is 0 Å². The summed E-state index contributed by atoms with van der Waals surface area (Å²) in [5.74, 6) is 0.275. The Hall–Kier alpha value is -2.92. The van der Waals surface area contributed by atoms with Crippen molar-refractivity contribution in [2.24, 2.45) is 0 Å². The molecule has 0 saturated carbocycles. The van der Waals surface area contributed by atoms with Crippen molar-refractivity contribution in [1.82, 2.24) is 4.90 Å². The summed E-state index contributed by atoms with van der Waals surface area (Å²) in [5.41, 5.74) is 0.566. The van der Waals surface area contributed by atoms with E-state index >= 15 is 0 Å². The number of nitrogens with zero attached hydrogens (tertiary/aromatic N) is 2. The lowest BCUT2D eigenvalue weighted by atomic mass is 9.74. The number of rotatable bonds is 5. The number of nitrogens with one attached hydrogen (secondary N) is 3. The van der Waals surface area contributed by atoms with Gasteiger partial charge in [-0.3, -0.25) is 16.1 Å². The van der Waals surface area contributed by atoms with E-state index < -0.39 is 17.1 Å². The average Bonchev–Trinajstić information content (AvgIpc) is 2.54. The third-order valence-corrected chi connectivity index (χ3v) is 4.20. The molecule has 27 heavy (non-hydrogen) atoms. The summed E-state index contributed by atoms with van der Waals surface area (Å²) in [6, 6.07) is 7.22. The molecule has 0 aromatic heterocycles. The molecule has 2 rings (SSSR count). The minimum Gasteiger partial charge on any atom is -0.444 e. The highest BCUT2D eigenvalue weighted by Gasteiger charge is 2.42. The minimum atomic E-state index is -0.630. The van der Waals surface area contributed by atoms with E-state index in [1.165, 1.54) is 4.90 Å². The molecule has 1 aliphatic heterocycles. The molecule has 0 atom stereocenters. The number of carbonyl (C=O) groups is 1. The van der Waals surface area contributed by atoms with Crippen LogP contribution in [0.4, 0.5) is 10.5 Å². The number of amides is 1. The summed E-state index contributed by atoms with van der Waals surface area (Å²) in [6.45, 7) is 6.13. The standard InChI is InChI=1S/C19H25N5O3/c1-18(2,3)27-17(25)23-15-6-13(9-20)5-14(7-15)19(10-26-11-19)8-16(22)24(4)12-21/h5-7,12,21-22H,8,10-11H2,1-4H3,(H,23,25). The van der Waals surface area contributed by atoms with E-state index in [1.54, 1.807) is 46.0 Å². The van der Waals surface area contributed by atoms with Gasteiger partial charge in [-0.05, 0) is 44.5 Å². The first-order valence-electron chi connectivity index (χ1n) is 8.53. The topological polar surface area (TPSA) is 122 Å². The fourth-order valence-electron chi connectivity index (χ4n) is 2.73. The van der Waals surface area contributed by atoms with Crippen LogP contribution in [-0.2, 0) is 14.9 Å². The maximum absolute atomic E-state index is 12.1. The van der Waals surface area contributed by atoms with Crippen LogP contribution in [0.25, 0.3) is 0 Å². The van der Waals surface area contributed by atoms with E-state index in [0.29, 0.717) is 30.9 Å². The van der Waals surface area contributed by atoms with Gasteiger partial charge < -0.3 is 14.4 Å². The number of benzene rings is 1. The summed E-state index contributed by atoms with van der Waals surface area (Å²) < 4.78 is 10.7. The Balaban J connectivity index is 2.30. The molecule has 0 unspecified atom stereocenters. The summed E-state index contributed by atoms with van der Waals surface area (Å²) in [6.07, 6.45) is 0.842. The number of hydrogen-bond donors (Lipinski definition) is 3. The minimum absolute atomic E-state index is 0.275. The highest BCUT2D eigenvalue weighted by Crippen LogP contribution is 2.38. The Morgan fingerprint density at radius 1 is 1.44 bits per heavy atom. The SMILES string of the molecule is CN(C=N)C(=N)CC1(c2cc(C#N)cc(NC(=O)OC(C)(C)C)c2)COC1. The summed E-state index contributed by atoms with van der Waals surface area (Å²) in [4.78, 5) is 13.5. The lowest BCUT2D eigenvalue weighted by Crippen LogP contribution is -2.49. The van der Waals surface area contributed by atoms with Crippen molar-refractivity contribution in [1.29, 1.82) is 16.1 Å². The van der Waals surface area contributed by atoms with Crippen molar-refractivity contribution >= 4 is 24.0 Å². The molecular weight excluding hydrogens is 346 g/mol. The predicted molar refractivity (Wildman–Crippen MR) is 102 cm³/mol. The second-order valence-electron chi connectivity index (χ2n) is 7.67. The Labute approximate surface area is 159 Å². The molecule has 0 spiro atoms. The van der Waals surface area contributed by atoms with E-state index in [0.717, 1.165) is 11.9 Å². The van der Waals surface area contributed by atoms with Gasteiger partial charge in [0.05, 0.1) is 31.2 Å². The van der Waals surface area contributed by atoms with Crippen LogP contribution in [0.3, 0.4) is 0 Å². The van der Waals surface area contributed by atoms with Crippen molar-refractivity contribution in [2.75, 3.05) is 25.6 Å². The molecule has 8 heteroatoms. The van der Waals surface area contributed by atoms with E-state index in [9.17, 15) is 10.1 Å². The second kappa shape index (κ2) is 7.76. The third-order valence-electron chi connectivity index (χ3n) is 4.20. The van der Waals surface area contributed by atoms with Gasteiger partial charge in [-0.15, -0.1) is 0 Å². The molecule has 1 aliphatic rings. The van der Waals surface area contributed by atoms with Crippen molar-refractivity contribution in [2.45, 2.75) is 38.2 Å². The number of amidine groups is 1. The Morgan fingerprint density at radius 2 is 2.11 bits per heavy atom. The molecule has 0 bridgehead atoms. The third kappa shape index (κ3) is 5.05. The monoisotopic (exact) mass is 371 g/mol. The first-order valence-corrected chi connectivity index (χ1v) is 8.53. The molecule has 8 nitrogen and oxygen atoms in total. The second-order valence-corrected chi connectivity index (χ2v) is 7.67. The van der Waals surface area contributed by atoms with Crippen LogP contribution in [-0.4, -0.2) is 49.0 Å². The number of hydrogen-bond acceptors (Lipinski definition) is 6. The average molecular weight is 371 g/mol. The zero-order valence-corrected chi connectivity index (χ0v) is 16.0. The largest absolute Gasteiger partial charge is 0.444 e. The van der Waals surface area contributed by atoms with Crippen LogP contribution in [0, 0.1) is 22.1 Å². The van der Waals surface area contributed by atoms with E-state index in [4.69, 9.17) is 20.3 Å². The van der Waals surface area contributed by atoms with E-state index in [1.807, 2.05) is 0 Å². The van der Waals surface area contributed by atoms with Gasteiger partial charge >= 0.3 is 6.09 Å². The Kier molecular flexibility index (Phi) is 5.86. The van der Waals surface area contributed by atoms with Crippen molar-refractivity contribution in [3.63, 3.8) is 0 Å². The smallest absolute Gasteiger partial charge is 0.412 e. The molecule has 3 N–H and O–H groups in total. The van der Waals surface area contributed by atoms with Crippen LogP contribution in [0.1, 0.15) is 38.3 Å². The zero-order valence-electron chi connectivity index (χ0n) is 16.0. The van der Waals surface area contributed by atoms with Crippen molar-refractivity contribution in [3.8, 4) is 6.07 Å². The molecule has 1 aromatic rings. The quantitative estimate of drug-likeness (QED) is 0.542. The van der Waals surface area contributed by atoms with E-state index in [2.05, 4.69) is 11.4 Å². The van der Waals surface area contributed by atoms with Crippen LogP contribution in [0.2, 0.25) is 0 Å². The number of nitriles is 1. The number of carbonyl (C=O) groups excluding carboxylic acids is 1. The fraction of sp³-hybridized carbons (Fsp3) is 0.474. The normalized spacial score (nSPS) is 15.1. The Bertz CT molecular complexity index is 788. The van der Waals surface area contributed by atoms with Crippen LogP contribution in [0.15, 0.2) is 18.2 Å². The number of ether oxygens (including phenoxy) is 2. The lowest BCUT2D eigenvalue weighted by Gasteiger charge is -2.43. The van der Waals surface area contributed by atoms with Gasteiger partial charge in [0, 0.05) is 24.6 Å². The summed E-state index contributed by atoms with van der Waals surface area (Å²) >= 11 is 0. The molecule has 1 saturated heterocycles. The highest BCUT2D eigenvalue weighted by atomic mass is 16.6. The van der Waals surface area contributed by atoms with Gasteiger partial charge in [0.1, 0.15) is 11.4 Å². The van der Waals surface area contributed by atoms with Gasteiger partial charge in [0.2, 0.25) is 0 Å². The van der Waals surface area contributed by atoms with Gasteiger partial charge in [-0.2, -0.15) is 5.26 Å². The highest BCUT2D eigenvalue weighted by molar-refractivity contribution is 5.90. The molecule has 1 aromatic carbocycles. The van der Waals surface area contributed by atoms with Crippen LogP contribution in [0.5, 0.6) is 0 Å². The van der Waals surface area contributed by atoms with Crippen molar-refractivity contribution < 1.29 is 14.3 Å². The molecule has 1 amide bonds. The van der Waals surface area contributed by atoms with Crippen LogP contribution >= 0.6 is 0 Å². The first-order chi connectivity index (χ1) is 12.6. The van der Waals surface area contributed by atoms with Gasteiger partial charge in [0.15, 0.2) is 0 Å². The van der Waals surface area contributed by atoms with Gasteiger partial charge in [-0.25, -0.2) is 4.79 Å². The molecule has 144 valence electrons. The maximum atomic E-state index is 12.1. The molecule has 0 aliphatic carbocycles.